The van der Waals surface area contributed by atoms with Crippen LogP contribution >= 0.6 is 0 Å². The number of hydrogen-bond donors (Lipinski definition) is 1. The molecule has 0 spiro atoms. The van der Waals surface area contributed by atoms with Gasteiger partial charge in [-0.1, -0.05) is 0 Å². The van der Waals surface area contributed by atoms with Crippen molar-refractivity contribution >= 4 is 17.1 Å². The summed E-state index contributed by atoms with van der Waals surface area (Å²) >= 11 is 0. The van der Waals surface area contributed by atoms with Gasteiger partial charge in [-0.2, -0.15) is 4.98 Å². The lowest BCUT2D eigenvalue weighted by atomic mass is 10.3. The lowest BCUT2D eigenvalue weighted by Crippen LogP contribution is -2.37. The van der Waals surface area contributed by atoms with Crippen molar-refractivity contribution in [2.24, 2.45) is 14.1 Å². The second-order valence-electron chi connectivity index (χ2n) is 4.53. The first-order valence-electron chi connectivity index (χ1n) is 5.75. The Hall–Kier alpha value is -2.05. The van der Waals surface area contributed by atoms with E-state index < -0.39 is 0 Å². The van der Waals surface area contributed by atoms with E-state index >= 15 is 0 Å². The first kappa shape index (κ1) is 12.4. The molecule has 2 rings (SSSR count). The second-order valence-corrected chi connectivity index (χ2v) is 4.53. The molecule has 0 aromatic carbocycles. The standard InChI is InChI=1S/C11H17N5O2/c1-6(2)16-7-8(13-10(16)12-3)14(4)11(18)15(5)9(7)17/h6H,1-5H3,(H,12,13). The van der Waals surface area contributed by atoms with Gasteiger partial charge in [0.25, 0.3) is 5.56 Å². The molecule has 0 bridgehead atoms. The number of anilines is 1. The van der Waals surface area contributed by atoms with E-state index in [2.05, 4.69) is 10.3 Å². The highest BCUT2D eigenvalue weighted by molar-refractivity contribution is 5.74. The minimum Gasteiger partial charge on any atom is -0.359 e. The highest BCUT2D eigenvalue weighted by Gasteiger charge is 2.19. The van der Waals surface area contributed by atoms with Gasteiger partial charge in [0, 0.05) is 27.2 Å². The summed E-state index contributed by atoms with van der Waals surface area (Å²) in [7, 11) is 4.82. The third-order valence-electron chi connectivity index (χ3n) is 3.03. The molecule has 0 saturated heterocycles. The second kappa shape index (κ2) is 4.01. The molecule has 1 N–H and O–H groups in total. The van der Waals surface area contributed by atoms with E-state index in [1.165, 1.54) is 11.6 Å². The van der Waals surface area contributed by atoms with E-state index in [9.17, 15) is 9.59 Å². The maximum absolute atomic E-state index is 12.2. The quantitative estimate of drug-likeness (QED) is 0.819. The number of rotatable bonds is 2. The molecule has 2 aromatic heterocycles. The van der Waals surface area contributed by atoms with Crippen LogP contribution in [0, 0.1) is 0 Å². The van der Waals surface area contributed by atoms with E-state index in [0.717, 1.165) is 4.57 Å². The fraction of sp³-hybridized carbons (Fsp3) is 0.545. The van der Waals surface area contributed by atoms with Gasteiger partial charge in [-0.25, -0.2) is 4.79 Å². The van der Waals surface area contributed by atoms with Crippen LogP contribution in [0.4, 0.5) is 5.95 Å². The molecule has 98 valence electrons. The smallest absolute Gasteiger partial charge is 0.332 e. The summed E-state index contributed by atoms with van der Waals surface area (Å²) in [5, 5.41) is 2.95. The maximum atomic E-state index is 12.2. The van der Waals surface area contributed by atoms with Gasteiger partial charge in [-0.3, -0.25) is 13.9 Å². The van der Waals surface area contributed by atoms with Crippen LogP contribution in [0.15, 0.2) is 9.59 Å². The Morgan fingerprint density at radius 2 is 1.78 bits per heavy atom. The van der Waals surface area contributed by atoms with Gasteiger partial charge >= 0.3 is 5.69 Å². The van der Waals surface area contributed by atoms with Gasteiger partial charge in [-0.05, 0) is 13.8 Å². The summed E-state index contributed by atoms with van der Waals surface area (Å²) in [6, 6.07) is 0.0719. The van der Waals surface area contributed by atoms with E-state index in [1.807, 2.05) is 13.8 Å². The fourth-order valence-corrected chi connectivity index (χ4v) is 2.09. The van der Waals surface area contributed by atoms with Crippen molar-refractivity contribution in [2.45, 2.75) is 19.9 Å². The number of fused-ring (bicyclic) bond motifs is 1. The molecule has 0 aliphatic heterocycles. The number of imidazole rings is 1. The van der Waals surface area contributed by atoms with Crippen LogP contribution in [0.3, 0.4) is 0 Å². The molecule has 18 heavy (non-hydrogen) atoms. The highest BCUT2D eigenvalue weighted by atomic mass is 16.2. The lowest BCUT2D eigenvalue weighted by molar-refractivity contribution is 0.616. The van der Waals surface area contributed by atoms with Crippen LogP contribution in [0.5, 0.6) is 0 Å². The van der Waals surface area contributed by atoms with Crippen LogP contribution < -0.4 is 16.6 Å². The number of hydrogen-bond acceptors (Lipinski definition) is 4. The van der Waals surface area contributed by atoms with Gasteiger partial charge in [-0.15, -0.1) is 0 Å². The maximum Gasteiger partial charge on any atom is 0.332 e. The molecule has 0 amide bonds. The van der Waals surface area contributed by atoms with E-state index in [4.69, 9.17) is 0 Å². The van der Waals surface area contributed by atoms with E-state index in [0.29, 0.717) is 17.1 Å². The topological polar surface area (TPSA) is 73.8 Å². The summed E-state index contributed by atoms with van der Waals surface area (Å²) < 4.78 is 4.29. The molecule has 0 fully saturated rings. The zero-order chi connectivity index (χ0) is 13.6. The van der Waals surface area contributed by atoms with Crippen molar-refractivity contribution in [3.63, 3.8) is 0 Å². The van der Waals surface area contributed by atoms with Gasteiger partial charge in [0.1, 0.15) is 0 Å². The van der Waals surface area contributed by atoms with Crippen molar-refractivity contribution in [3.8, 4) is 0 Å². The Bertz CT molecular complexity index is 720. The van der Waals surface area contributed by atoms with Crippen molar-refractivity contribution < 1.29 is 0 Å². The lowest BCUT2D eigenvalue weighted by Gasteiger charge is -2.12. The number of aromatic nitrogens is 4. The first-order chi connectivity index (χ1) is 8.40. The molecule has 0 atom stereocenters. The molecule has 0 saturated carbocycles. The van der Waals surface area contributed by atoms with Crippen molar-refractivity contribution in [2.75, 3.05) is 12.4 Å². The molecule has 0 unspecified atom stereocenters. The van der Waals surface area contributed by atoms with Crippen molar-refractivity contribution in [1.29, 1.82) is 0 Å². The Morgan fingerprint density at radius 1 is 1.17 bits per heavy atom. The molecule has 7 nitrogen and oxygen atoms in total. The summed E-state index contributed by atoms with van der Waals surface area (Å²) in [6.07, 6.45) is 0. The van der Waals surface area contributed by atoms with Crippen LogP contribution in [-0.4, -0.2) is 25.7 Å². The average Bonchev–Trinajstić information content (AvgIpc) is 2.73. The zero-order valence-electron chi connectivity index (χ0n) is 11.2. The number of nitrogens with zero attached hydrogens (tertiary/aromatic N) is 4. The molecule has 0 radical (unpaired) electrons. The van der Waals surface area contributed by atoms with E-state index in [-0.39, 0.29) is 17.3 Å². The predicted molar refractivity (Wildman–Crippen MR) is 70.1 cm³/mol. The van der Waals surface area contributed by atoms with Gasteiger partial charge in [0.2, 0.25) is 5.95 Å². The van der Waals surface area contributed by atoms with Gasteiger partial charge in [0.15, 0.2) is 11.2 Å². The van der Waals surface area contributed by atoms with Crippen LogP contribution in [0.1, 0.15) is 19.9 Å². The Balaban J connectivity index is 3.10. The number of nitrogens with one attached hydrogen (secondary N) is 1. The molecule has 0 aliphatic carbocycles. The Morgan fingerprint density at radius 3 is 2.28 bits per heavy atom. The Kier molecular flexibility index (Phi) is 2.76. The summed E-state index contributed by atoms with van der Waals surface area (Å²) in [6.45, 7) is 3.93. The normalized spacial score (nSPS) is 11.4. The van der Waals surface area contributed by atoms with Crippen LogP contribution in [0.25, 0.3) is 11.2 Å². The summed E-state index contributed by atoms with van der Waals surface area (Å²) in [5.74, 6) is 0.582. The van der Waals surface area contributed by atoms with Crippen LogP contribution in [0.2, 0.25) is 0 Å². The van der Waals surface area contributed by atoms with Gasteiger partial charge < -0.3 is 9.88 Å². The predicted octanol–water partition coefficient (Wildman–Crippen LogP) is 0.0563. The van der Waals surface area contributed by atoms with Crippen LogP contribution in [-0.2, 0) is 14.1 Å². The summed E-state index contributed by atoms with van der Waals surface area (Å²) in [4.78, 5) is 28.4. The molecule has 2 aromatic rings. The molecule has 7 heteroatoms. The monoisotopic (exact) mass is 251 g/mol. The molecular weight excluding hydrogens is 234 g/mol. The zero-order valence-corrected chi connectivity index (χ0v) is 11.2. The summed E-state index contributed by atoms with van der Waals surface area (Å²) in [5.41, 5.74) is 0.152. The third kappa shape index (κ3) is 1.47. The minimum atomic E-state index is -0.372. The third-order valence-corrected chi connectivity index (χ3v) is 3.03. The van der Waals surface area contributed by atoms with Crippen molar-refractivity contribution in [1.82, 2.24) is 18.7 Å². The minimum absolute atomic E-state index is 0.0719. The van der Waals surface area contributed by atoms with Crippen molar-refractivity contribution in [3.05, 3.63) is 20.8 Å². The SMILES string of the molecule is CNc1nc2c(c(=O)n(C)c(=O)n2C)n1C(C)C. The average molecular weight is 251 g/mol. The Labute approximate surface area is 104 Å². The molecule has 2 heterocycles. The first-order valence-corrected chi connectivity index (χ1v) is 5.75. The molecule has 0 aliphatic rings. The van der Waals surface area contributed by atoms with E-state index in [1.54, 1.807) is 18.7 Å². The molecular formula is C11H17N5O2. The number of aryl methyl sites for hydroxylation is 1. The van der Waals surface area contributed by atoms with Gasteiger partial charge in [0.05, 0.1) is 0 Å². The largest absolute Gasteiger partial charge is 0.359 e. The fourth-order valence-electron chi connectivity index (χ4n) is 2.09. The highest BCUT2D eigenvalue weighted by Crippen LogP contribution is 2.20.